The maximum absolute atomic E-state index is 11.5. The summed E-state index contributed by atoms with van der Waals surface area (Å²) in [5.74, 6) is -0.202. The molecule has 0 aromatic heterocycles. The third-order valence-corrected chi connectivity index (χ3v) is 2.19. The molecular weight excluding hydrogens is 194 g/mol. The molecule has 0 aliphatic heterocycles. The quantitative estimate of drug-likeness (QED) is 0.706. The number of methoxy groups -OCH3 is 1. The molecule has 0 aliphatic rings. The molecule has 0 aromatic rings. The van der Waals surface area contributed by atoms with Crippen molar-refractivity contribution in [1.29, 1.82) is 0 Å². The van der Waals surface area contributed by atoms with E-state index in [-0.39, 0.29) is 18.0 Å². The fourth-order valence-electron chi connectivity index (χ4n) is 1.23. The first-order valence-electron chi connectivity index (χ1n) is 5.25. The standard InChI is InChI=1S/C11H23NO3/c1-8(14-5)9(7-12)6-10(13)15-11(2,3)4/h8-9H,6-7,12H2,1-5H3/t8-,9-/m1/s1. The Morgan fingerprint density at radius 3 is 2.27 bits per heavy atom. The maximum Gasteiger partial charge on any atom is 0.306 e. The van der Waals surface area contributed by atoms with Crippen LogP contribution in [0.1, 0.15) is 34.1 Å². The van der Waals surface area contributed by atoms with Gasteiger partial charge in [-0.2, -0.15) is 0 Å². The lowest BCUT2D eigenvalue weighted by Gasteiger charge is -2.24. The van der Waals surface area contributed by atoms with Gasteiger partial charge in [-0.15, -0.1) is 0 Å². The number of carbonyl (C=O) groups excluding carboxylic acids is 1. The van der Waals surface area contributed by atoms with Crippen molar-refractivity contribution in [2.75, 3.05) is 13.7 Å². The number of ether oxygens (including phenoxy) is 2. The Labute approximate surface area is 92.1 Å². The van der Waals surface area contributed by atoms with Crippen molar-refractivity contribution in [3.63, 3.8) is 0 Å². The fourth-order valence-corrected chi connectivity index (χ4v) is 1.23. The highest BCUT2D eigenvalue weighted by Crippen LogP contribution is 2.15. The zero-order valence-corrected chi connectivity index (χ0v) is 10.4. The summed E-state index contributed by atoms with van der Waals surface area (Å²) in [5.41, 5.74) is 5.14. The van der Waals surface area contributed by atoms with Crippen LogP contribution in [0.15, 0.2) is 0 Å². The van der Waals surface area contributed by atoms with Gasteiger partial charge in [0, 0.05) is 13.0 Å². The molecule has 0 rings (SSSR count). The van der Waals surface area contributed by atoms with Crippen LogP contribution in [0.3, 0.4) is 0 Å². The van der Waals surface area contributed by atoms with Gasteiger partial charge in [-0.05, 0) is 34.2 Å². The van der Waals surface area contributed by atoms with Gasteiger partial charge in [-0.25, -0.2) is 0 Å². The minimum Gasteiger partial charge on any atom is -0.460 e. The number of hydrogen-bond donors (Lipinski definition) is 1. The number of rotatable bonds is 5. The zero-order chi connectivity index (χ0) is 12.1. The Kier molecular flexibility index (Phi) is 5.83. The second-order valence-electron chi connectivity index (χ2n) is 4.73. The number of hydrogen-bond acceptors (Lipinski definition) is 4. The van der Waals surface area contributed by atoms with Crippen LogP contribution >= 0.6 is 0 Å². The number of nitrogens with two attached hydrogens (primary N) is 1. The van der Waals surface area contributed by atoms with Gasteiger partial charge in [0.25, 0.3) is 0 Å². The molecule has 0 unspecified atom stereocenters. The predicted molar refractivity (Wildman–Crippen MR) is 59.5 cm³/mol. The van der Waals surface area contributed by atoms with Gasteiger partial charge in [0.05, 0.1) is 12.5 Å². The van der Waals surface area contributed by atoms with Crippen molar-refractivity contribution in [2.45, 2.75) is 45.8 Å². The second kappa shape index (κ2) is 6.08. The van der Waals surface area contributed by atoms with Crippen LogP contribution in [-0.2, 0) is 14.3 Å². The summed E-state index contributed by atoms with van der Waals surface area (Å²) in [5, 5.41) is 0. The largest absolute Gasteiger partial charge is 0.460 e. The van der Waals surface area contributed by atoms with Crippen LogP contribution in [0.4, 0.5) is 0 Å². The highest BCUT2D eigenvalue weighted by molar-refractivity contribution is 5.70. The molecule has 0 heterocycles. The summed E-state index contributed by atoms with van der Waals surface area (Å²) in [6.45, 7) is 7.88. The Morgan fingerprint density at radius 1 is 1.40 bits per heavy atom. The van der Waals surface area contributed by atoms with Gasteiger partial charge in [0.2, 0.25) is 0 Å². The fraction of sp³-hybridized carbons (Fsp3) is 0.909. The normalized spacial score (nSPS) is 15.9. The molecule has 0 saturated heterocycles. The van der Waals surface area contributed by atoms with E-state index in [1.807, 2.05) is 27.7 Å². The molecule has 0 aromatic carbocycles. The van der Waals surface area contributed by atoms with Crippen LogP contribution in [0, 0.1) is 5.92 Å². The van der Waals surface area contributed by atoms with Crippen molar-refractivity contribution in [3.05, 3.63) is 0 Å². The summed E-state index contributed by atoms with van der Waals surface area (Å²) in [4.78, 5) is 11.5. The average Bonchev–Trinajstić information content (AvgIpc) is 2.10. The van der Waals surface area contributed by atoms with Gasteiger partial charge in [-0.3, -0.25) is 4.79 Å². The lowest BCUT2D eigenvalue weighted by molar-refractivity contribution is -0.157. The summed E-state index contributed by atoms with van der Waals surface area (Å²) in [6.07, 6.45) is 0.283. The van der Waals surface area contributed by atoms with E-state index in [1.54, 1.807) is 7.11 Å². The summed E-state index contributed by atoms with van der Waals surface area (Å²) < 4.78 is 10.4. The highest BCUT2D eigenvalue weighted by Gasteiger charge is 2.23. The maximum atomic E-state index is 11.5. The average molecular weight is 217 g/mol. The first kappa shape index (κ1) is 14.4. The predicted octanol–water partition coefficient (Wildman–Crippen LogP) is 1.33. The van der Waals surface area contributed by atoms with E-state index >= 15 is 0 Å². The summed E-state index contributed by atoms with van der Waals surface area (Å²) in [6, 6.07) is 0. The molecule has 90 valence electrons. The van der Waals surface area contributed by atoms with E-state index in [9.17, 15) is 4.79 Å². The molecule has 15 heavy (non-hydrogen) atoms. The van der Waals surface area contributed by atoms with Crippen LogP contribution in [0.5, 0.6) is 0 Å². The van der Waals surface area contributed by atoms with Gasteiger partial charge in [0.1, 0.15) is 5.60 Å². The van der Waals surface area contributed by atoms with E-state index in [0.29, 0.717) is 13.0 Å². The molecule has 2 atom stereocenters. The molecule has 4 heteroatoms. The minimum absolute atomic E-state index is 0.0184. The Morgan fingerprint density at radius 2 is 1.93 bits per heavy atom. The zero-order valence-electron chi connectivity index (χ0n) is 10.4. The smallest absolute Gasteiger partial charge is 0.306 e. The Bertz CT molecular complexity index is 198. The SMILES string of the molecule is CO[C@H](C)[C@@H](CN)CC(=O)OC(C)(C)C. The number of carbonyl (C=O) groups is 1. The van der Waals surface area contributed by atoms with Gasteiger partial charge in [-0.1, -0.05) is 0 Å². The lowest BCUT2D eigenvalue weighted by Crippen LogP contribution is -2.32. The molecule has 0 fully saturated rings. The molecular formula is C11H23NO3. The molecule has 4 nitrogen and oxygen atoms in total. The topological polar surface area (TPSA) is 61.5 Å². The van der Waals surface area contributed by atoms with Crippen molar-refractivity contribution in [2.24, 2.45) is 11.7 Å². The first-order chi connectivity index (χ1) is 6.80. The molecule has 2 N–H and O–H groups in total. The minimum atomic E-state index is -0.438. The van der Waals surface area contributed by atoms with Gasteiger partial charge >= 0.3 is 5.97 Å². The van der Waals surface area contributed by atoms with Crippen molar-refractivity contribution in [3.8, 4) is 0 Å². The number of esters is 1. The van der Waals surface area contributed by atoms with Crippen LogP contribution < -0.4 is 5.73 Å². The second-order valence-corrected chi connectivity index (χ2v) is 4.73. The van der Waals surface area contributed by atoms with Gasteiger partial charge in [0.15, 0.2) is 0 Å². The lowest BCUT2D eigenvalue weighted by atomic mass is 10.00. The van der Waals surface area contributed by atoms with Gasteiger partial charge < -0.3 is 15.2 Å². The highest BCUT2D eigenvalue weighted by atomic mass is 16.6. The third-order valence-electron chi connectivity index (χ3n) is 2.19. The van der Waals surface area contributed by atoms with Crippen LogP contribution in [0.2, 0.25) is 0 Å². The molecule has 0 spiro atoms. The third kappa shape index (κ3) is 6.47. The Hall–Kier alpha value is -0.610. The molecule has 0 saturated carbocycles. The molecule has 0 bridgehead atoms. The molecule has 0 aliphatic carbocycles. The van der Waals surface area contributed by atoms with E-state index in [1.165, 1.54) is 0 Å². The summed E-state index contributed by atoms with van der Waals surface area (Å²) in [7, 11) is 1.61. The van der Waals surface area contributed by atoms with Crippen LogP contribution in [0.25, 0.3) is 0 Å². The van der Waals surface area contributed by atoms with Crippen LogP contribution in [-0.4, -0.2) is 31.3 Å². The van der Waals surface area contributed by atoms with Crippen molar-refractivity contribution >= 4 is 5.97 Å². The molecule has 0 amide bonds. The van der Waals surface area contributed by atoms with E-state index in [4.69, 9.17) is 15.2 Å². The van der Waals surface area contributed by atoms with E-state index < -0.39 is 5.60 Å². The van der Waals surface area contributed by atoms with Crippen molar-refractivity contribution < 1.29 is 14.3 Å². The molecule has 0 radical (unpaired) electrons. The van der Waals surface area contributed by atoms with E-state index in [2.05, 4.69) is 0 Å². The van der Waals surface area contributed by atoms with E-state index in [0.717, 1.165) is 0 Å². The van der Waals surface area contributed by atoms with Crippen molar-refractivity contribution in [1.82, 2.24) is 0 Å². The monoisotopic (exact) mass is 217 g/mol. The first-order valence-corrected chi connectivity index (χ1v) is 5.25. The summed E-state index contributed by atoms with van der Waals surface area (Å²) >= 11 is 0. The Balaban J connectivity index is 4.13.